The second-order valence-corrected chi connectivity index (χ2v) is 8.99. The number of carbonyl (C=O) groups excluding carboxylic acids is 1. The normalized spacial score (nSPS) is 20.3. The Balaban J connectivity index is 1.30. The van der Waals surface area contributed by atoms with Crippen molar-refractivity contribution in [1.29, 1.82) is 0 Å². The number of nitrogens with one attached hydrogen (secondary N) is 1. The number of Topliss-reactive ketones (excluding diaryl/α,β-unsaturated/α-hetero) is 1. The number of aliphatic carboxylic acids is 1. The molecule has 6 heteroatoms. The molecule has 0 unspecified atom stereocenters. The molecule has 2 aliphatic carbocycles. The van der Waals surface area contributed by atoms with Gasteiger partial charge in [-0.25, -0.2) is 0 Å². The summed E-state index contributed by atoms with van der Waals surface area (Å²) in [5.74, 6) is 0.369. The Kier molecular flexibility index (Phi) is 7.58. The molecule has 1 heterocycles. The molecule has 0 bridgehead atoms. The van der Waals surface area contributed by atoms with Gasteiger partial charge in [0.05, 0.1) is 11.6 Å². The average Bonchev–Trinajstić information content (AvgIpc) is 3.32. The van der Waals surface area contributed by atoms with E-state index in [1.165, 1.54) is 0 Å². The standard InChI is InChI=1S/C28H30N2O4/c1-19-5-11-24(12-13-25(19)26-15-16-29-30-26)34-18-21-3-2-4-23(17-21)27(31)14-8-20-6-9-22(10-7-20)28(32)33/h2-5,11-13,15-17,20,22H,1,6-10,14,18H2,(H,29,30)(H,32,33). The molecule has 0 saturated heterocycles. The Morgan fingerprint density at radius 3 is 2.68 bits per heavy atom. The molecule has 176 valence electrons. The molecule has 1 aromatic carbocycles. The van der Waals surface area contributed by atoms with Crippen molar-refractivity contribution in [1.82, 2.24) is 10.2 Å². The number of carbonyl (C=O) groups is 2. The predicted octanol–water partition coefficient (Wildman–Crippen LogP) is 5.87. The first-order chi connectivity index (χ1) is 16.5. The highest BCUT2D eigenvalue weighted by Crippen LogP contribution is 2.32. The van der Waals surface area contributed by atoms with Gasteiger partial charge >= 0.3 is 5.97 Å². The lowest BCUT2D eigenvalue weighted by molar-refractivity contribution is -0.143. The number of ketones is 1. The maximum absolute atomic E-state index is 12.8. The Hall–Kier alpha value is -3.67. The van der Waals surface area contributed by atoms with Crippen LogP contribution in [-0.2, 0) is 16.1 Å². The zero-order valence-corrected chi connectivity index (χ0v) is 19.2. The minimum atomic E-state index is -0.692. The molecule has 0 radical (unpaired) electrons. The Labute approximate surface area is 199 Å². The van der Waals surface area contributed by atoms with E-state index in [2.05, 4.69) is 16.8 Å². The fourth-order valence-electron chi connectivity index (χ4n) is 4.54. The van der Waals surface area contributed by atoms with Crippen LogP contribution in [0.3, 0.4) is 0 Å². The molecule has 0 aliphatic heterocycles. The fraction of sp³-hybridized carbons (Fsp3) is 0.321. The Morgan fingerprint density at radius 1 is 1.12 bits per heavy atom. The number of hydrogen-bond donors (Lipinski definition) is 2. The van der Waals surface area contributed by atoms with E-state index in [-0.39, 0.29) is 11.7 Å². The number of H-pyrrole nitrogens is 1. The van der Waals surface area contributed by atoms with Crippen molar-refractivity contribution in [3.8, 4) is 0 Å². The lowest BCUT2D eigenvalue weighted by atomic mass is 9.79. The van der Waals surface area contributed by atoms with Crippen molar-refractivity contribution in [3.05, 3.63) is 95.6 Å². The van der Waals surface area contributed by atoms with Gasteiger partial charge in [-0.05, 0) is 79.5 Å². The molecule has 0 amide bonds. The van der Waals surface area contributed by atoms with E-state index in [1.54, 1.807) is 6.20 Å². The number of ether oxygens (including phenoxy) is 1. The molecule has 4 rings (SSSR count). The van der Waals surface area contributed by atoms with Gasteiger partial charge in [0.25, 0.3) is 0 Å². The van der Waals surface area contributed by atoms with E-state index < -0.39 is 5.97 Å². The fourth-order valence-corrected chi connectivity index (χ4v) is 4.54. The van der Waals surface area contributed by atoms with E-state index >= 15 is 0 Å². The van der Waals surface area contributed by atoms with Gasteiger partial charge in [-0.1, -0.05) is 30.9 Å². The Morgan fingerprint density at radius 2 is 1.94 bits per heavy atom. The van der Waals surface area contributed by atoms with E-state index in [0.717, 1.165) is 54.5 Å². The van der Waals surface area contributed by atoms with Crippen LogP contribution in [0.5, 0.6) is 0 Å². The number of carboxylic acids is 1. The van der Waals surface area contributed by atoms with Gasteiger partial charge in [0.2, 0.25) is 0 Å². The van der Waals surface area contributed by atoms with Crippen LogP contribution in [-0.4, -0.2) is 27.1 Å². The van der Waals surface area contributed by atoms with Crippen molar-refractivity contribution in [3.63, 3.8) is 0 Å². The van der Waals surface area contributed by atoms with Crippen molar-refractivity contribution < 1.29 is 19.4 Å². The number of allylic oxidation sites excluding steroid dienone is 6. The van der Waals surface area contributed by atoms with E-state index in [1.807, 2.05) is 54.6 Å². The predicted molar refractivity (Wildman–Crippen MR) is 131 cm³/mol. The van der Waals surface area contributed by atoms with Crippen LogP contribution in [0.25, 0.3) is 5.57 Å². The summed E-state index contributed by atoms with van der Waals surface area (Å²) in [5, 5.41) is 16.1. The van der Waals surface area contributed by atoms with Crippen LogP contribution in [0.1, 0.15) is 60.1 Å². The smallest absolute Gasteiger partial charge is 0.306 e. The molecule has 1 fully saturated rings. The molecule has 2 N–H and O–H groups in total. The van der Waals surface area contributed by atoms with Crippen molar-refractivity contribution in [2.24, 2.45) is 11.8 Å². The lowest BCUT2D eigenvalue weighted by Crippen LogP contribution is -2.21. The molecule has 2 aliphatic rings. The zero-order chi connectivity index (χ0) is 23.9. The van der Waals surface area contributed by atoms with E-state index in [0.29, 0.717) is 30.3 Å². The molecule has 1 aromatic heterocycles. The monoisotopic (exact) mass is 458 g/mol. The molecular formula is C28H30N2O4. The molecule has 2 aromatic rings. The topological polar surface area (TPSA) is 92.3 Å². The van der Waals surface area contributed by atoms with Crippen LogP contribution >= 0.6 is 0 Å². The molecule has 0 atom stereocenters. The second-order valence-electron chi connectivity index (χ2n) is 8.99. The van der Waals surface area contributed by atoms with Gasteiger partial charge in [0, 0.05) is 23.8 Å². The summed E-state index contributed by atoms with van der Waals surface area (Å²) in [6.45, 7) is 4.46. The molecule has 1 saturated carbocycles. The summed E-state index contributed by atoms with van der Waals surface area (Å²) in [5.41, 5.74) is 4.34. The van der Waals surface area contributed by atoms with Crippen LogP contribution in [0.15, 0.2) is 78.7 Å². The average molecular weight is 459 g/mol. The number of aromatic nitrogens is 2. The minimum absolute atomic E-state index is 0.124. The van der Waals surface area contributed by atoms with Crippen molar-refractivity contribution in [2.75, 3.05) is 0 Å². The first-order valence-electron chi connectivity index (χ1n) is 11.8. The minimum Gasteiger partial charge on any atom is -0.489 e. The summed E-state index contributed by atoms with van der Waals surface area (Å²) >= 11 is 0. The highest BCUT2D eigenvalue weighted by atomic mass is 16.5. The van der Waals surface area contributed by atoms with Crippen molar-refractivity contribution >= 4 is 17.3 Å². The SMILES string of the molecule is C=C1C=CC(OCc2cccc(C(=O)CCC3CCC(C(=O)O)CC3)c2)=CC=C1c1ccn[nH]1. The summed E-state index contributed by atoms with van der Waals surface area (Å²) in [4.78, 5) is 23.9. The number of rotatable bonds is 9. The Bertz CT molecular complexity index is 1130. The summed E-state index contributed by atoms with van der Waals surface area (Å²) in [6, 6.07) is 9.49. The highest BCUT2D eigenvalue weighted by molar-refractivity contribution is 5.96. The van der Waals surface area contributed by atoms with Gasteiger partial charge in [0.1, 0.15) is 12.4 Å². The number of hydrogen-bond acceptors (Lipinski definition) is 4. The molecule has 0 spiro atoms. The number of aromatic amines is 1. The lowest BCUT2D eigenvalue weighted by Gasteiger charge is -2.25. The van der Waals surface area contributed by atoms with Gasteiger partial charge < -0.3 is 9.84 Å². The van der Waals surface area contributed by atoms with Crippen LogP contribution in [0.4, 0.5) is 0 Å². The van der Waals surface area contributed by atoms with Crippen molar-refractivity contribution in [2.45, 2.75) is 45.1 Å². The quantitative estimate of drug-likeness (QED) is 0.458. The summed E-state index contributed by atoms with van der Waals surface area (Å²) < 4.78 is 5.99. The van der Waals surface area contributed by atoms with Gasteiger partial charge in [-0.15, -0.1) is 0 Å². The van der Waals surface area contributed by atoms with Gasteiger partial charge in [-0.2, -0.15) is 5.10 Å². The summed E-state index contributed by atoms with van der Waals surface area (Å²) in [7, 11) is 0. The van der Waals surface area contributed by atoms with Crippen LogP contribution in [0.2, 0.25) is 0 Å². The van der Waals surface area contributed by atoms with E-state index in [4.69, 9.17) is 9.84 Å². The van der Waals surface area contributed by atoms with Gasteiger partial charge in [0.15, 0.2) is 5.78 Å². The second kappa shape index (κ2) is 11.0. The van der Waals surface area contributed by atoms with Gasteiger partial charge in [-0.3, -0.25) is 14.7 Å². The third-order valence-electron chi connectivity index (χ3n) is 6.63. The first kappa shape index (κ1) is 23.5. The molecular weight excluding hydrogens is 428 g/mol. The molecule has 34 heavy (non-hydrogen) atoms. The van der Waals surface area contributed by atoms with E-state index in [9.17, 15) is 9.59 Å². The first-order valence-corrected chi connectivity index (χ1v) is 11.8. The zero-order valence-electron chi connectivity index (χ0n) is 19.2. The number of nitrogens with zero attached hydrogens (tertiary/aromatic N) is 1. The number of benzene rings is 1. The maximum Gasteiger partial charge on any atom is 0.306 e. The largest absolute Gasteiger partial charge is 0.489 e. The summed E-state index contributed by atoms with van der Waals surface area (Å²) in [6.07, 6.45) is 13.9. The molecule has 6 nitrogen and oxygen atoms in total. The van der Waals surface area contributed by atoms with Crippen LogP contribution in [0, 0.1) is 11.8 Å². The third kappa shape index (κ3) is 6.01. The third-order valence-corrected chi connectivity index (χ3v) is 6.63. The maximum atomic E-state index is 12.8. The number of carboxylic acid groups (broad SMARTS) is 1. The highest BCUT2D eigenvalue weighted by Gasteiger charge is 2.26. The van der Waals surface area contributed by atoms with Crippen LogP contribution < -0.4 is 0 Å².